The van der Waals surface area contributed by atoms with Crippen LogP contribution in [0, 0.1) is 5.82 Å². The molecule has 272 valence electrons. The minimum Gasteiger partial charge on any atom is -0.454 e. The van der Waals surface area contributed by atoms with Crippen molar-refractivity contribution in [1.29, 1.82) is 0 Å². The summed E-state index contributed by atoms with van der Waals surface area (Å²) in [4.78, 5) is 15.7. The van der Waals surface area contributed by atoms with Gasteiger partial charge in [-0.3, -0.25) is 0 Å². The highest BCUT2D eigenvalue weighted by Gasteiger charge is 2.29. The number of halogens is 1. The molecule has 12 aromatic rings. The SMILES string of the molecule is Fc1ccc2oc3c(-n4c5ccccc5c5ccccc54)c(-n4c5ccccc5c5ccccc54)c(-c4nc(-c5ccccc5)nc(-c5ccccc5)n4)cc3c2c1. The largest absolute Gasteiger partial charge is 0.454 e. The molecule has 6 nitrogen and oxygen atoms in total. The maximum atomic E-state index is 15.3. The number of rotatable bonds is 5. The monoisotopic (exact) mass is 747 g/mol. The van der Waals surface area contributed by atoms with Gasteiger partial charge in [-0.05, 0) is 48.5 Å². The maximum Gasteiger partial charge on any atom is 0.166 e. The molecule has 0 bridgehead atoms. The van der Waals surface area contributed by atoms with Crippen molar-refractivity contribution in [3.63, 3.8) is 0 Å². The molecule has 58 heavy (non-hydrogen) atoms. The number of furan rings is 1. The Balaban J connectivity index is 1.35. The van der Waals surface area contributed by atoms with Crippen molar-refractivity contribution < 1.29 is 8.81 Å². The van der Waals surface area contributed by atoms with E-state index in [1.807, 2.05) is 60.7 Å². The Kier molecular flexibility index (Phi) is 7.01. The molecule has 0 radical (unpaired) electrons. The molecule has 8 aromatic carbocycles. The first-order valence-corrected chi connectivity index (χ1v) is 19.2. The molecule has 12 rings (SSSR count). The standard InChI is InChI=1S/C51H30FN5O/c52-33-27-28-45-38(29-33)39-30-40(51-54-49(31-15-3-1-4-16-31)53-50(55-51)32-17-5-2-6-18-32)46(56-41-23-11-7-19-34(41)35-20-8-12-24-42(35)56)47(48(39)58-45)57-43-25-13-9-21-36(43)37-22-10-14-26-44(37)57/h1-30H. The van der Waals surface area contributed by atoms with E-state index in [2.05, 4.69) is 112 Å². The van der Waals surface area contributed by atoms with Crippen molar-refractivity contribution in [3.8, 4) is 45.5 Å². The zero-order valence-electron chi connectivity index (χ0n) is 30.8. The Labute approximate surface area is 330 Å². The number of aromatic nitrogens is 5. The van der Waals surface area contributed by atoms with Crippen molar-refractivity contribution in [2.24, 2.45) is 0 Å². The molecule has 7 heteroatoms. The van der Waals surface area contributed by atoms with Gasteiger partial charge >= 0.3 is 0 Å². The van der Waals surface area contributed by atoms with Crippen LogP contribution in [-0.2, 0) is 0 Å². The van der Waals surface area contributed by atoms with Gasteiger partial charge < -0.3 is 13.6 Å². The molecule has 0 aliphatic carbocycles. The molecule has 0 fully saturated rings. The van der Waals surface area contributed by atoms with Crippen LogP contribution >= 0.6 is 0 Å². The van der Waals surface area contributed by atoms with Gasteiger partial charge in [-0.2, -0.15) is 0 Å². The number of fused-ring (bicyclic) bond motifs is 9. The Bertz CT molecular complexity index is 3420. The summed E-state index contributed by atoms with van der Waals surface area (Å²) in [5, 5.41) is 5.82. The summed E-state index contributed by atoms with van der Waals surface area (Å²) < 4.78 is 26.9. The van der Waals surface area contributed by atoms with Gasteiger partial charge in [-0.1, -0.05) is 133 Å². The van der Waals surface area contributed by atoms with Crippen LogP contribution < -0.4 is 0 Å². The zero-order chi connectivity index (χ0) is 38.3. The Morgan fingerprint density at radius 2 is 0.810 bits per heavy atom. The molecule has 0 spiro atoms. The Morgan fingerprint density at radius 3 is 1.31 bits per heavy atom. The van der Waals surface area contributed by atoms with E-state index in [1.54, 1.807) is 12.1 Å². The average molecular weight is 748 g/mol. The van der Waals surface area contributed by atoms with Crippen molar-refractivity contribution in [2.45, 2.75) is 0 Å². The fourth-order valence-electron chi connectivity index (χ4n) is 8.72. The van der Waals surface area contributed by atoms with Crippen LogP contribution in [0.4, 0.5) is 4.39 Å². The van der Waals surface area contributed by atoms with E-state index >= 15 is 4.39 Å². The second-order valence-corrected chi connectivity index (χ2v) is 14.5. The number of para-hydroxylation sites is 4. The second kappa shape index (κ2) is 12.6. The Morgan fingerprint density at radius 1 is 0.379 bits per heavy atom. The third kappa shape index (κ3) is 4.80. The zero-order valence-corrected chi connectivity index (χ0v) is 30.8. The first-order valence-electron chi connectivity index (χ1n) is 19.2. The third-order valence-corrected chi connectivity index (χ3v) is 11.2. The van der Waals surface area contributed by atoms with Gasteiger partial charge in [0.25, 0.3) is 0 Å². The van der Waals surface area contributed by atoms with Crippen molar-refractivity contribution in [2.75, 3.05) is 0 Å². The lowest BCUT2D eigenvalue weighted by atomic mass is 10.0. The molecule has 0 amide bonds. The molecular formula is C51H30FN5O. The molecule has 4 heterocycles. The minimum absolute atomic E-state index is 0.348. The smallest absolute Gasteiger partial charge is 0.166 e. The topological polar surface area (TPSA) is 61.7 Å². The highest BCUT2D eigenvalue weighted by atomic mass is 19.1. The highest BCUT2D eigenvalue weighted by molar-refractivity contribution is 6.17. The molecule has 0 aliphatic rings. The number of hydrogen-bond donors (Lipinski definition) is 0. The molecule has 0 atom stereocenters. The average Bonchev–Trinajstić information content (AvgIpc) is 3.94. The van der Waals surface area contributed by atoms with Gasteiger partial charge in [-0.15, -0.1) is 0 Å². The molecule has 4 aromatic heterocycles. The maximum absolute atomic E-state index is 15.3. The quantitative estimate of drug-likeness (QED) is 0.176. The molecule has 0 saturated heterocycles. The summed E-state index contributed by atoms with van der Waals surface area (Å²) in [6, 6.07) is 60.6. The van der Waals surface area contributed by atoms with E-state index < -0.39 is 0 Å². The molecule has 0 unspecified atom stereocenters. The summed E-state index contributed by atoms with van der Waals surface area (Å²) in [6.45, 7) is 0. The first-order chi connectivity index (χ1) is 28.7. The van der Waals surface area contributed by atoms with E-state index in [1.165, 1.54) is 6.07 Å². The van der Waals surface area contributed by atoms with E-state index in [0.29, 0.717) is 34.0 Å². The van der Waals surface area contributed by atoms with Gasteiger partial charge in [0.1, 0.15) is 17.1 Å². The predicted octanol–water partition coefficient (Wildman–Crippen LogP) is 13.1. The van der Waals surface area contributed by atoms with E-state index in [0.717, 1.165) is 77.1 Å². The van der Waals surface area contributed by atoms with Crippen molar-refractivity contribution in [1.82, 2.24) is 24.1 Å². The van der Waals surface area contributed by atoms with Crippen LogP contribution in [0.5, 0.6) is 0 Å². The van der Waals surface area contributed by atoms with Gasteiger partial charge in [0.2, 0.25) is 0 Å². The lowest BCUT2D eigenvalue weighted by Crippen LogP contribution is -2.08. The van der Waals surface area contributed by atoms with E-state index in [4.69, 9.17) is 19.4 Å². The highest BCUT2D eigenvalue weighted by Crippen LogP contribution is 2.47. The normalized spacial score (nSPS) is 11.9. The van der Waals surface area contributed by atoms with Gasteiger partial charge in [0.05, 0.1) is 27.8 Å². The lowest BCUT2D eigenvalue weighted by Gasteiger charge is -2.21. The first kappa shape index (κ1) is 32.4. The number of hydrogen-bond acceptors (Lipinski definition) is 4. The molecular weight excluding hydrogens is 718 g/mol. The second-order valence-electron chi connectivity index (χ2n) is 14.5. The van der Waals surface area contributed by atoms with Crippen LogP contribution in [0.25, 0.3) is 111 Å². The van der Waals surface area contributed by atoms with Crippen LogP contribution in [0.1, 0.15) is 0 Å². The van der Waals surface area contributed by atoms with E-state index in [-0.39, 0.29) is 5.82 Å². The Hall–Kier alpha value is -7.90. The molecule has 0 N–H and O–H groups in total. The summed E-state index contributed by atoms with van der Waals surface area (Å²) in [5.41, 5.74) is 9.28. The number of nitrogens with zero attached hydrogens (tertiary/aromatic N) is 5. The number of benzene rings is 8. The molecule has 0 saturated carbocycles. The third-order valence-electron chi connectivity index (χ3n) is 11.2. The summed E-state index contributed by atoms with van der Waals surface area (Å²) >= 11 is 0. The molecule has 0 aliphatic heterocycles. The summed E-state index contributed by atoms with van der Waals surface area (Å²) in [5.74, 6) is 1.21. The van der Waals surface area contributed by atoms with Crippen LogP contribution in [-0.4, -0.2) is 24.1 Å². The van der Waals surface area contributed by atoms with E-state index in [9.17, 15) is 0 Å². The van der Waals surface area contributed by atoms with Gasteiger partial charge in [0, 0.05) is 49.0 Å². The lowest BCUT2D eigenvalue weighted by molar-refractivity contribution is 0.626. The minimum atomic E-state index is -0.348. The van der Waals surface area contributed by atoms with Gasteiger partial charge in [-0.25, -0.2) is 19.3 Å². The van der Waals surface area contributed by atoms with Crippen LogP contribution in [0.15, 0.2) is 186 Å². The fraction of sp³-hybridized carbons (Fsp3) is 0. The van der Waals surface area contributed by atoms with Crippen molar-refractivity contribution >= 4 is 65.6 Å². The van der Waals surface area contributed by atoms with Gasteiger partial charge in [0.15, 0.2) is 23.1 Å². The predicted molar refractivity (Wildman–Crippen MR) is 232 cm³/mol. The fourth-order valence-corrected chi connectivity index (χ4v) is 8.72. The van der Waals surface area contributed by atoms with Crippen molar-refractivity contribution in [3.05, 3.63) is 188 Å². The van der Waals surface area contributed by atoms with Crippen LogP contribution in [0.2, 0.25) is 0 Å². The van der Waals surface area contributed by atoms with Crippen LogP contribution in [0.3, 0.4) is 0 Å². The summed E-state index contributed by atoms with van der Waals surface area (Å²) in [6.07, 6.45) is 0. The summed E-state index contributed by atoms with van der Waals surface area (Å²) in [7, 11) is 0.